The summed E-state index contributed by atoms with van der Waals surface area (Å²) in [7, 11) is 0. The topological polar surface area (TPSA) is 46.2 Å². The summed E-state index contributed by atoms with van der Waals surface area (Å²) >= 11 is 5.49. The molecule has 3 N–H and O–H groups in total. The lowest BCUT2D eigenvalue weighted by Crippen LogP contribution is -2.23. The van der Waals surface area contributed by atoms with Crippen molar-refractivity contribution >= 4 is 11.6 Å². The SMILES string of the molecule is C[C@H](O)[C@@H](N)c1ccc(Cl)c(F)c1. The van der Waals surface area contributed by atoms with Crippen molar-refractivity contribution in [3.63, 3.8) is 0 Å². The van der Waals surface area contributed by atoms with Gasteiger partial charge in [-0.3, -0.25) is 0 Å². The standard InChI is InChI=1S/C9H11ClFNO/c1-5(13)9(12)6-2-3-7(10)8(11)4-6/h2-5,9,13H,12H2,1H3/t5-,9+/m0/s1. The molecule has 72 valence electrons. The van der Waals surface area contributed by atoms with Gasteiger partial charge in [0.25, 0.3) is 0 Å². The molecule has 1 aromatic carbocycles. The highest BCUT2D eigenvalue weighted by Gasteiger charge is 2.13. The highest BCUT2D eigenvalue weighted by molar-refractivity contribution is 6.30. The van der Waals surface area contributed by atoms with E-state index in [9.17, 15) is 4.39 Å². The minimum absolute atomic E-state index is 0.0570. The molecule has 0 aliphatic heterocycles. The van der Waals surface area contributed by atoms with Crippen LogP contribution in [0.5, 0.6) is 0 Å². The zero-order chi connectivity index (χ0) is 10.0. The number of benzene rings is 1. The Morgan fingerprint density at radius 1 is 1.54 bits per heavy atom. The Hall–Kier alpha value is -0.640. The third-order valence-corrected chi connectivity index (χ3v) is 2.15. The van der Waals surface area contributed by atoms with E-state index in [1.807, 2.05) is 0 Å². The molecule has 0 aliphatic carbocycles. The average Bonchev–Trinajstić information content (AvgIpc) is 2.08. The summed E-state index contributed by atoms with van der Waals surface area (Å²) in [6, 6.07) is 3.68. The van der Waals surface area contributed by atoms with Crippen molar-refractivity contribution in [2.75, 3.05) is 0 Å². The van der Waals surface area contributed by atoms with Crippen LogP contribution >= 0.6 is 11.6 Å². The Morgan fingerprint density at radius 3 is 2.62 bits per heavy atom. The molecule has 0 spiro atoms. The van der Waals surface area contributed by atoms with Gasteiger partial charge in [0.05, 0.1) is 17.2 Å². The van der Waals surface area contributed by atoms with Crippen molar-refractivity contribution in [1.29, 1.82) is 0 Å². The maximum atomic E-state index is 12.9. The lowest BCUT2D eigenvalue weighted by atomic mass is 10.0. The molecule has 0 heterocycles. The van der Waals surface area contributed by atoms with Crippen LogP contribution in [0.4, 0.5) is 4.39 Å². The van der Waals surface area contributed by atoms with Gasteiger partial charge in [-0.2, -0.15) is 0 Å². The van der Waals surface area contributed by atoms with Crippen LogP contribution in [0.1, 0.15) is 18.5 Å². The van der Waals surface area contributed by atoms with Gasteiger partial charge in [0.15, 0.2) is 0 Å². The number of nitrogens with two attached hydrogens (primary N) is 1. The van der Waals surface area contributed by atoms with E-state index in [0.717, 1.165) is 0 Å². The number of halogens is 2. The normalized spacial score (nSPS) is 15.5. The van der Waals surface area contributed by atoms with Crippen LogP contribution in [0.15, 0.2) is 18.2 Å². The van der Waals surface area contributed by atoms with E-state index in [0.29, 0.717) is 5.56 Å². The van der Waals surface area contributed by atoms with Crippen LogP contribution in [-0.4, -0.2) is 11.2 Å². The van der Waals surface area contributed by atoms with Crippen LogP contribution in [-0.2, 0) is 0 Å². The first-order chi connectivity index (χ1) is 6.02. The summed E-state index contributed by atoms with van der Waals surface area (Å²) in [4.78, 5) is 0. The second-order valence-electron chi connectivity index (χ2n) is 2.94. The first kappa shape index (κ1) is 10.4. The largest absolute Gasteiger partial charge is 0.391 e. The molecular formula is C9H11ClFNO. The monoisotopic (exact) mass is 203 g/mol. The fraction of sp³-hybridized carbons (Fsp3) is 0.333. The van der Waals surface area contributed by atoms with Crippen molar-refractivity contribution in [3.8, 4) is 0 Å². The Labute approximate surface area is 81.1 Å². The average molecular weight is 204 g/mol. The predicted octanol–water partition coefficient (Wildman–Crippen LogP) is 1.86. The molecule has 0 fully saturated rings. The number of hydrogen-bond acceptors (Lipinski definition) is 2. The molecule has 4 heteroatoms. The lowest BCUT2D eigenvalue weighted by molar-refractivity contribution is 0.164. The minimum Gasteiger partial charge on any atom is -0.391 e. The molecule has 0 amide bonds. The third kappa shape index (κ3) is 2.40. The minimum atomic E-state index is -0.708. The zero-order valence-corrected chi connectivity index (χ0v) is 7.92. The highest BCUT2D eigenvalue weighted by atomic mass is 35.5. The Bertz CT molecular complexity index is 304. The van der Waals surface area contributed by atoms with Crippen molar-refractivity contribution in [2.45, 2.75) is 19.1 Å². The van der Waals surface area contributed by atoms with E-state index in [4.69, 9.17) is 22.4 Å². The van der Waals surface area contributed by atoms with Gasteiger partial charge >= 0.3 is 0 Å². The summed E-state index contributed by atoms with van der Waals surface area (Å²) in [6.07, 6.45) is -0.708. The summed E-state index contributed by atoms with van der Waals surface area (Å²) < 4.78 is 12.9. The molecule has 0 saturated heterocycles. The number of aliphatic hydroxyl groups excluding tert-OH is 1. The Kier molecular flexibility index (Phi) is 3.25. The summed E-state index contributed by atoms with van der Waals surface area (Å²) in [5.74, 6) is -0.518. The molecular weight excluding hydrogens is 193 g/mol. The zero-order valence-electron chi connectivity index (χ0n) is 7.17. The first-order valence-electron chi connectivity index (χ1n) is 3.91. The van der Waals surface area contributed by atoms with Crippen molar-refractivity contribution in [2.24, 2.45) is 5.73 Å². The predicted molar refractivity (Wildman–Crippen MR) is 50.0 cm³/mol. The Balaban J connectivity index is 2.97. The summed E-state index contributed by atoms with van der Waals surface area (Å²) in [6.45, 7) is 1.55. The molecule has 1 aromatic rings. The lowest BCUT2D eigenvalue weighted by Gasteiger charge is -2.14. The van der Waals surface area contributed by atoms with Gasteiger partial charge < -0.3 is 10.8 Å². The van der Waals surface area contributed by atoms with E-state index in [2.05, 4.69) is 0 Å². The molecule has 0 aromatic heterocycles. The maximum Gasteiger partial charge on any atom is 0.142 e. The maximum absolute atomic E-state index is 12.9. The van der Waals surface area contributed by atoms with Gasteiger partial charge in [-0.1, -0.05) is 17.7 Å². The molecule has 2 atom stereocenters. The second-order valence-corrected chi connectivity index (χ2v) is 3.35. The molecule has 0 saturated carbocycles. The van der Waals surface area contributed by atoms with E-state index in [-0.39, 0.29) is 5.02 Å². The molecule has 13 heavy (non-hydrogen) atoms. The van der Waals surface area contributed by atoms with Gasteiger partial charge in [-0.15, -0.1) is 0 Å². The van der Waals surface area contributed by atoms with Gasteiger partial charge in [-0.25, -0.2) is 4.39 Å². The fourth-order valence-electron chi connectivity index (χ4n) is 0.998. The highest BCUT2D eigenvalue weighted by Crippen LogP contribution is 2.20. The Morgan fingerprint density at radius 2 is 2.15 bits per heavy atom. The number of aliphatic hydroxyl groups is 1. The second kappa shape index (κ2) is 4.05. The van der Waals surface area contributed by atoms with Crippen molar-refractivity contribution in [1.82, 2.24) is 0 Å². The molecule has 1 rings (SSSR count). The van der Waals surface area contributed by atoms with Gasteiger partial charge in [0.2, 0.25) is 0 Å². The smallest absolute Gasteiger partial charge is 0.142 e. The molecule has 0 aliphatic rings. The van der Waals surface area contributed by atoms with Crippen molar-refractivity contribution in [3.05, 3.63) is 34.6 Å². The van der Waals surface area contributed by atoms with E-state index in [1.165, 1.54) is 12.1 Å². The number of rotatable bonds is 2. The number of hydrogen-bond donors (Lipinski definition) is 2. The quantitative estimate of drug-likeness (QED) is 0.771. The third-order valence-electron chi connectivity index (χ3n) is 1.85. The summed E-state index contributed by atoms with van der Waals surface area (Å²) in [5, 5.41) is 9.21. The van der Waals surface area contributed by atoms with Crippen LogP contribution in [0, 0.1) is 5.82 Å². The van der Waals surface area contributed by atoms with Gasteiger partial charge in [0.1, 0.15) is 5.82 Å². The van der Waals surface area contributed by atoms with E-state index in [1.54, 1.807) is 13.0 Å². The molecule has 0 bridgehead atoms. The van der Waals surface area contributed by atoms with E-state index < -0.39 is 18.0 Å². The fourth-order valence-corrected chi connectivity index (χ4v) is 1.12. The first-order valence-corrected chi connectivity index (χ1v) is 4.28. The van der Waals surface area contributed by atoms with Crippen LogP contribution < -0.4 is 5.73 Å². The summed E-state index contributed by atoms with van der Waals surface area (Å²) in [5.41, 5.74) is 6.14. The molecule has 0 radical (unpaired) electrons. The molecule has 2 nitrogen and oxygen atoms in total. The van der Waals surface area contributed by atoms with Gasteiger partial charge in [-0.05, 0) is 24.6 Å². The van der Waals surface area contributed by atoms with Crippen LogP contribution in [0.3, 0.4) is 0 Å². The van der Waals surface area contributed by atoms with Crippen LogP contribution in [0.25, 0.3) is 0 Å². The van der Waals surface area contributed by atoms with E-state index >= 15 is 0 Å². The van der Waals surface area contributed by atoms with Gasteiger partial charge in [0, 0.05) is 0 Å². The van der Waals surface area contributed by atoms with Crippen molar-refractivity contribution < 1.29 is 9.50 Å². The molecule has 0 unspecified atom stereocenters. The van der Waals surface area contributed by atoms with Crippen LogP contribution in [0.2, 0.25) is 5.02 Å².